The van der Waals surface area contributed by atoms with E-state index in [0.29, 0.717) is 12.7 Å². The average Bonchev–Trinajstić information content (AvgIpc) is 2.11. The van der Waals surface area contributed by atoms with Gasteiger partial charge in [-0.3, -0.25) is 4.90 Å². The second-order valence-corrected chi connectivity index (χ2v) is 2.66. The van der Waals surface area contributed by atoms with Gasteiger partial charge >= 0.3 is 0 Å². The van der Waals surface area contributed by atoms with E-state index in [1.165, 1.54) is 0 Å². The van der Waals surface area contributed by atoms with Crippen molar-refractivity contribution in [2.24, 2.45) is 4.99 Å². The zero-order chi connectivity index (χ0) is 9.40. The number of halogens is 1. The lowest BCUT2D eigenvalue weighted by molar-refractivity contribution is 0.215. The Balaban J connectivity index is 0. The Labute approximate surface area is 86.3 Å². The van der Waals surface area contributed by atoms with Gasteiger partial charge in [-0.15, -0.1) is 12.4 Å². The van der Waals surface area contributed by atoms with Crippen molar-refractivity contribution >= 4 is 18.4 Å². The van der Waals surface area contributed by atoms with Crippen molar-refractivity contribution in [2.75, 3.05) is 27.2 Å². The molecule has 0 aliphatic carbocycles. The molecule has 2 N–H and O–H groups in total. The molecule has 0 aliphatic rings. The Morgan fingerprint density at radius 1 is 1.62 bits per heavy atom. The molecule has 0 aliphatic heterocycles. The molecule has 0 heterocycles. The molecule has 0 bridgehead atoms. The van der Waals surface area contributed by atoms with Crippen LogP contribution in [0.3, 0.4) is 0 Å². The van der Waals surface area contributed by atoms with Crippen molar-refractivity contribution in [3.8, 4) is 0 Å². The minimum atomic E-state index is 0. The first kappa shape index (κ1) is 15.1. The maximum atomic E-state index is 6.61. The van der Waals surface area contributed by atoms with Gasteiger partial charge in [0.25, 0.3) is 0 Å². The zero-order valence-corrected chi connectivity index (χ0v) is 9.32. The highest BCUT2D eigenvalue weighted by Gasteiger charge is 2.08. The summed E-state index contributed by atoms with van der Waals surface area (Å²) in [6.07, 6.45) is 1.28. The van der Waals surface area contributed by atoms with Gasteiger partial charge in [0, 0.05) is 0 Å². The summed E-state index contributed by atoms with van der Waals surface area (Å²) in [7, 11) is 4.00. The van der Waals surface area contributed by atoms with Gasteiger partial charge in [-0.05, 0) is 27.1 Å². The van der Waals surface area contributed by atoms with E-state index >= 15 is 0 Å². The van der Waals surface area contributed by atoms with E-state index in [4.69, 9.17) is 5.41 Å². The molecule has 0 amide bonds. The summed E-state index contributed by atoms with van der Waals surface area (Å²) in [5.74, 6) is 0. The van der Waals surface area contributed by atoms with Gasteiger partial charge in [-0.25, -0.2) is 10.4 Å². The van der Waals surface area contributed by atoms with Gasteiger partial charge in [-0.1, -0.05) is 6.92 Å². The van der Waals surface area contributed by atoms with E-state index in [-0.39, 0.29) is 12.4 Å². The standard InChI is InChI=1S/C8H18N4.ClH/c1-4-12(3)8(10-2)5-6-11-7-9;/h8-10H,4-6H2,1-3H3;1H. The molecule has 1 unspecified atom stereocenters. The number of hydrogen-bond donors (Lipinski definition) is 2. The minimum absolute atomic E-state index is 0. The molecule has 5 heteroatoms. The number of rotatable bonds is 6. The molecule has 0 spiro atoms. The smallest absolute Gasteiger partial charge is 0.0861 e. The highest BCUT2D eigenvalue weighted by molar-refractivity contribution is 5.85. The third kappa shape index (κ3) is 6.72. The summed E-state index contributed by atoms with van der Waals surface area (Å²) in [5.41, 5.74) is 0. The summed E-state index contributed by atoms with van der Waals surface area (Å²) in [5, 5.41) is 9.79. The van der Waals surface area contributed by atoms with Gasteiger partial charge in [-0.2, -0.15) is 0 Å². The normalized spacial score (nSPS) is 11.7. The number of aliphatic imine (C=N–C) groups is 1. The van der Waals surface area contributed by atoms with Crippen molar-refractivity contribution in [2.45, 2.75) is 19.5 Å². The van der Waals surface area contributed by atoms with Crippen LogP contribution in [0, 0.1) is 5.41 Å². The molecule has 78 valence electrons. The maximum absolute atomic E-state index is 6.61. The van der Waals surface area contributed by atoms with Crippen molar-refractivity contribution in [1.29, 1.82) is 5.41 Å². The lowest BCUT2D eigenvalue weighted by atomic mass is 10.3. The van der Waals surface area contributed by atoms with E-state index in [2.05, 4.69) is 29.2 Å². The topological polar surface area (TPSA) is 51.5 Å². The van der Waals surface area contributed by atoms with Gasteiger partial charge in [0.2, 0.25) is 0 Å². The molecular weight excluding hydrogens is 188 g/mol. The predicted octanol–water partition coefficient (Wildman–Crippen LogP) is 1.05. The Hall–Kier alpha value is -0.410. The first-order chi connectivity index (χ1) is 5.76. The highest BCUT2D eigenvalue weighted by atomic mass is 35.5. The van der Waals surface area contributed by atoms with Crippen LogP contribution in [0.4, 0.5) is 0 Å². The summed E-state index contributed by atoms with van der Waals surface area (Å²) in [6, 6.07) is 2.03. The monoisotopic (exact) mass is 206 g/mol. The number of hydrogen-bond acceptors (Lipinski definition) is 4. The van der Waals surface area contributed by atoms with Crippen LogP contribution in [0.2, 0.25) is 0 Å². The molecular formula is C8H19ClN4. The molecule has 13 heavy (non-hydrogen) atoms. The largest absolute Gasteiger partial charge is 0.305 e. The number of nitrogens with one attached hydrogen (secondary N) is 2. The summed E-state index contributed by atoms with van der Waals surface area (Å²) in [4.78, 5) is 5.93. The van der Waals surface area contributed by atoms with Crippen LogP contribution in [0.5, 0.6) is 0 Å². The molecule has 4 nitrogen and oxygen atoms in total. The van der Waals surface area contributed by atoms with E-state index < -0.39 is 0 Å². The fraction of sp³-hybridized carbons (Fsp3) is 0.875. The van der Waals surface area contributed by atoms with E-state index in [1.54, 1.807) is 0 Å². The average molecular weight is 207 g/mol. The van der Waals surface area contributed by atoms with Crippen LogP contribution in [0.1, 0.15) is 13.3 Å². The van der Waals surface area contributed by atoms with Crippen LogP contribution in [0.15, 0.2) is 4.99 Å². The Kier molecular flexibility index (Phi) is 11.2. The van der Waals surface area contributed by atoms with Crippen LogP contribution in [0.25, 0.3) is 0 Å². The molecule has 0 saturated carbocycles. The molecule has 0 aromatic carbocycles. The first-order valence-corrected chi connectivity index (χ1v) is 4.22. The van der Waals surface area contributed by atoms with Crippen molar-refractivity contribution in [3.05, 3.63) is 0 Å². The zero-order valence-electron chi connectivity index (χ0n) is 8.50. The van der Waals surface area contributed by atoms with Gasteiger partial charge in [0.15, 0.2) is 0 Å². The summed E-state index contributed by atoms with van der Waals surface area (Å²) in [6.45, 7) is 3.80. The van der Waals surface area contributed by atoms with E-state index in [0.717, 1.165) is 13.0 Å². The molecule has 0 fully saturated rings. The Morgan fingerprint density at radius 2 is 2.23 bits per heavy atom. The second-order valence-electron chi connectivity index (χ2n) is 2.66. The van der Waals surface area contributed by atoms with Crippen molar-refractivity contribution in [1.82, 2.24) is 10.2 Å². The fourth-order valence-electron chi connectivity index (χ4n) is 1.05. The lowest BCUT2D eigenvalue weighted by Crippen LogP contribution is -2.41. The number of nitrogens with zero attached hydrogens (tertiary/aromatic N) is 2. The van der Waals surface area contributed by atoms with Crippen LogP contribution in [-0.4, -0.2) is 44.3 Å². The van der Waals surface area contributed by atoms with Crippen LogP contribution < -0.4 is 5.32 Å². The third-order valence-corrected chi connectivity index (χ3v) is 1.96. The summed E-state index contributed by atoms with van der Waals surface area (Å²) < 4.78 is 0. The third-order valence-electron chi connectivity index (χ3n) is 1.96. The first-order valence-electron chi connectivity index (χ1n) is 4.22. The quantitative estimate of drug-likeness (QED) is 0.504. The molecule has 0 radical (unpaired) electrons. The van der Waals surface area contributed by atoms with Gasteiger partial charge in [0.1, 0.15) is 0 Å². The Morgan fingerprint density at radius 3 is 2.62 bits per heavy atom. The SMILES string of the molecule is CCN(C)C(CCN=C=N)NC.Cl. The minimum Gasteiger partial charge on any atom is -0.305 e. The highest BCUT2D eigenvalue weighted by Crippen LogP contribution is 1.96. The van der Waals surface area contributed by atoms with Crippen LogP contribution >= 0.6 is 12.4 Å². The molecule has 0 rings (SSSR count). The van der Waals surface area contributed by atoms with Crippen molar-refractivity contribution in [3.63, 3.8) is 0 Å². The van der Waals surface area contributed by atoms with E-state index in [9.17, 15) is 0 Å². The van der Waals surface area contributed by atoms with Crippen molar-refractivity contribution < 1.29 is 0 Å². The van der Waals surface area contributed by atoms with Gasteiger partial charge < -0.3 is 5.32 Å². The molecule has 0 aromatic rings. The Bertz CT molecular complexity index is 156. The summed E-state index contributed by atoms with van der Waals surface area (Å²) >= 11 is 0. The fourth-order valence-corrected chi connectivity index (χ4v) is 1.05. The predicted molar refractivity (Wildman–Crippen MR) is 58.0 cm³/mol. The van der Waals surface area contributed by atoms with Crippen LogP contribution in [-0.2, 0) is 0 Å². The van der Waals surface area contributed by atoms with Gasteiger partial charge in [0.05, 0.1) is 18.7 Å². The molecule has 0 saturated heterocycles. The van der Waals surface area contributed by atoms with E-state index in [1.807, 2.05) is 13.1 Å². The molecule has 0 aromatic heterocycles. The molecule has 1 atom stereocenters. The second kappa shape index (κ2) is 9.68. The maximum Gasteiger partial charge on any atom is 0.0861 e. The lowest BCUT2D eigenvalue weighted by Gasteiger charge is -2.25.